The van der Waals surface area contributed by atoms with Crippen molar-refractivity contribution in [3.05, 3.63) is 18.0 Å². The summed E-state index contributed by atoms with van der Waals surface area (Å²) in [4.78, 5) is 0. The third-order valence-corrected chi connectivity index (χ3v) is 2.29. The summed E-state index contributed by atoms with van der Waals surface area (Å²) in [5.74, 6) is 0. The molecule has 1 heterocycles. The molecular weight excluding hydrogens is 178 g/mol. The molecule has 0 saturated carbocycles. The zero-order valence-corrected chi connectivity index (χ0v) is 9.10. The molecule has 0 spiro atoms. The first-order chi connectivity index (χ1) is 6.69. The lowest BCUT2D eigenvalue weighted by Crippen LogP contribution is -2.28. The predicted molar refractivity (Wildman–Crippen MR) is 55.8 cm³/mol. The third kappa shape index (κ3) is 2.56. The van der Waals surface area contributed by atoms with Crippen LogP contribution in [0.3, 0.4) is 0 Å². The van der Waals surface area contributed by atoms with E-state index in [1.807, 2.05) is 20.2 Å². The van der Waals surface area contributed by atoms with Gasteiger partial charge in [0.2, 0.25) is 0 Å². The van der Waals surface area contributed by atoms with Crippen LogP contribution in [0.5, 0.6) is 0 Å². The van der Waals surface area contributed by atoms with Gasteiger partial charge in [-0.15, -0.1) is 0 Å². The average Bonchev–Trinajstić information content (AvgIpc) is 2.60. The van der Waals surface area contributed by atoms with Gasteiger partial charge in [-0.25, -0.2) is 0 Å². The zero-order valence-electron chi connectivity index (χ0n) is 9.10. The lowest BCUT2D eigenvalue weighted by Gasteiger charge is -2.21. The normalized spacial score (nSPS) is 15.4. The van der Waals surface area contributed by atoms with Gasteiger partial charge in [0.15, 0.2) is 0 Å². The van der Waals surface area contributed by atoms with Gasteiger partial charge in [-0.1, -0.05) is 6.92 Å². The van der Waals surface area contributed by atoms with Crippen molar-refractivity contribution in [2.75, 3.05) is 6.61 Å². The Morgan fingerprint density at radius 2 is 2.29 bits per heavy atom. The van der Waals surface area contributed by atoms with Crippen LogP contribution < -0.4 is 5.73 Å². The lowest BCUT2D eigenvalue weighted by molar-refractivity contribution is 0.0413. The van der Waals surface area contributed by atoms with Crippen molar-refractivity contribution >= 4 is 0 Å². The van der Waals surface area contributed by atoms with Crippen molar-refractivity contribution in [3.8, 4) is 0 Å². The maximum atomic E-state index is 6.07. The Morgan fingerprint density at radius 1 is 1.57 bits per heavy atom. The molecule has 2 unspecified atom stereocenters. The molecule has 0 bridgehead atoms. The van der Waals surface area contributed by atoms with Crippen LogP contribution in [0.1, 0.15) is 31.9 Å². The second-order valence-electron chi connectivity index (χ2n) is 3.38. The molecule has 0 aliphatic carbocycles. The fourth-order valence-corrected chi connectivity index (χ4v) is 1.52. The van der Waals surface area contributed by atoms with E-state index in [0.29, 0.717) is 6.61 Å². The van der Waals surface area contributed by atoms with Gasteiger partial charge >= 0.3 is 0 Å². The summed E-state index contributed by atoms with van der Waals surface area (Å²) in [5, 5.41) is 4.10. The minimum atomic E-state index is -0.0753. The van der Waals surface area contributed by atoms with E-state index in [4.69, 9.17) is 10.5 Å². The maximum Gasteiger partial charge on any atom is 0.0766 e. The Balaban J connectivity index is 2.66. The van der Waals surface area contributed by atoms with Gasteiger partial charge in [0, 0.05) is 25.4 Å². The van der Waals surface area contributed by atoms with Crippen LogP contribution in [0.25, 0.3) is 0 Å². The Bertz CT molecular complexity index is 272. The molecule has 0 radical (unpaired) electrons. The van der Waals surface area contributed by atoms with E-state index in [-0.39, 0.29) is 12.1 Å². The second kappa shape index (κ2) is 5.12. The summed E-state index contributed by atoms with van der Waals surface area (Å²) < 4.78 is 7.31. The molecular formula is C10H19N3O. The molecule has 0 aromatic carbocycles. The van der Waals surface area contributed by atoms with Crippen LogP contribution in [-0.2, 0) is 11.8 Å². The van der Waals surface area contributed by atoms with Gasteiger partial charge in [0.05, 0.1) is 18.3 Å². The average molecular weight is 197 g/mol. The van der Waals surface area contributed by atoms with Crippen molar-refractivity contribution in [1.29, 1.82) is 0 Å². The van der Waals surface area contributed by atoms with Crippen LogP contribution in [0.15, 0.2) is 12.4 Å². The highest BCUT2D eigenvalue weighted by molar-refractivity contribution is 5.11. The van der Waals surface area contributed by atoms with Crippen LogP contribution in [0.2, 0.25) is 0 Å². The van der Waals surface area contributed by atoms with E-state index in [1.54, 1.807) is 10.9 Å². The molecule has 4 heteroatoms. The summed E-state index contributed by atoms with van der Waals surface area (Å²) in [5.41, 5.74) is 7.11. The summed E-state index contributed by atoms with van der Waals surface area (Å²) >= 11 is 0. The van der Waals surface area contributed by atoms with Crippen molar-refractivity contribution in [1.82, 2.24) is 9.78 Å². The molecule has 1 aromatic rings. The highest BCUT2D eigenvalue weighted by atomic mass is 16.5. The predicted octanol–water partition coefficient (Wildman–Crippen LogP) is 1.23. The number of aryl methyl sites for hydroxylation is 1. The van der Waals surface area contributed by atoms with Gasteiger partial charge in [0.1, 0.15) is 0 Å². The van der Waals surface area contributed by atoms with Crippen molar-refractivity contribution in [3.63, 3.8) is 0 Å². The Morgan fingerprint density at radius 3 is 2.71 bits per heavy atom. The smallest absolute Gasteiger partial charge is 0.0766 e. The Labute approximate surface area is 85.0 Å². The minimum absolute atomic E-state index is 0.0753. The van der Waals surface area contributed by atoms with E-state index in [0.717, 1.165) is 12.0 Å². The Hall–Kier alpha value is -0.870. The fourth-order valence-electron chi connectivity index (χ4n) is 1.52. The van der Waals surface area contributed by atoms with E-state index < -0.39 is 0 Å². The highest BCUT2D eigenvalue weighted by Crippen LogP contribution is 2.18. The largest absolute Gasteiger partial charge is 0.377 e. The number of nitrogens with zero attached hydrogens (tertiary/aromatic N) is 2. The first-order valence-corrected chi connectivity index (χ1v) is 5.04. The lowest BCUT2D eigenvalue weighted by atomic mass is 10.0. The molecule has 14 heavy (non-hydrogen) atoms. The summed E-state index contributed by atoms with van der Waals surface area (Å²) in [6.45, 7) is 4.77. The molecule has 0 fully saturated rings. The zero-order chi connectivity index (χ0) is 10.6. The third-order valence-electron chi connectivity index (χ3n) is 2.29. The quantitative estimate of drug-likeness (QED) is 0.772. The summed E-state index contributed by atoms with van der Waals surface area (Å²) in [6.07, 6.45) is 4.74. The van der Waals surface area contributed by atoms with E-state index in [9.17, 15) is 0 Å². The van der Waals surface area contributed by atoms with Crippen LogP contribution >= 0.6 is 0 Å². The van der Waals surface area contributed by atoms with Gasteiger partial charge in [0.25, 0.3) is 0 Å². The van der Waals surface area contributed by atoms with E-state index in [1.165, 1.54) is 0 Å². The van der Waals surface area contributed by atoms with Crippen LogP contribution in [0, 0.1) is 0 Å². The number of rotatable bonds is 5. The van der Waals surface area contributed by atoms with Crippen LogP contribution in [0.4, 0.5) is 0 Å². The molecule has 80 valence electrons. The number of ether oxygens (including phenoxy) is 1. The fraction of sp³-hybridized carbons (Fsp3) is 0.700. The number of nitrogens with two attached hydrogens (primary N) is 1. The monoisotopic (exact) mass is 197 g/mol. The van der Waals surface area contributed by atoms with Crippen molar-refractivity contribution < 1.29 is 4.74 Å². The van der Waals surface area contributed by atoms with E-state index in [2.05, 4.69) is 12.0 Å². The molecule has 0 aliphatic heterocycles. The van der Waals surface area contributed by atoms with Crippen molar-refractivity contribution in [2.45, 2.75) is 32.4 Å². The summed E-state index contributed by atoms with van der Waals surface area (Å²) in [7, 11) is 1.89. The molecule has 2 N–H and O–H groups in total. The maximum absolute atomic E-state index is 6.07. The number of hydrogen-bond donors (Lipinski definition) is 1. The molecule has 2 atom stereocenters. The minimum Gasteiger partial charge on any atom is -0.377 e. The van der Waals surface area contributed by atoms with Crippen LogP contribution in [-0.4, -0.2) is 22.5 Å². The first-order valence-electron chi connectivity index (χ1n) is 5.04. The highest BCUT2D eigenvalue weighted by Gasteiger charge is 2.18. The Kier molecular flexibility index (Phi) is 4.10. The molecule has 0 aliphatic rings. The van der Waals surface area contributed by atoms with Gasteiger partial charge in [-0.3, -0.25) is 4.68 Å². The van der Waals surface area contributed by atoms with Gasteiger partial charge in [-0.2, -0.15) is 5.10 Å². The van der Waals surface area contributed by atoms with E-state index >= 15 is 0 Å². The van der Waals surface area contributed by atoms with Crippen molar-refractivity contribution in [2.24, 2.45) is 12.8 Å². The molecule has 4 nitrogen and oxygen atoms in total. The number of hydrogen-bond acceptors (Lipinski definition) is 3. The standard InChI is InChI=1S/C10H19N3O/c1-4-9(14-5-2)10(11)8-6-12-13(3)7-8/h6-7,9-10H,4-5,11H2,1-3H3. The topological polar surface area (TPSA) is 53.1 Å². The molecule has 1 rings (SSSR count). The number of aromatic nitrogens is 2. The summed E-state index contributed by atoms with van der Waals surface area (Å²) in [6, 6.07) is -0.0753. The second-order valence-corrected chi connectivity index (χ2v) is 3.38. The molecule has 1 aromatic heterocycles. The van der Waals surface area contributed by atoms with Gasteiger partial charge in [-0.05, 0) is 13.3 Å². The van der Waals surface area contributed by atoms with Gasteiger partial charge < -0.3 is 10.5 Å². The molecule has 0 amide bonds. The first kappa shape index (κ1) is 11.2. The SMILES string of the molecule is CCOC(CC)C(N)c1cnn(C)c1. The molecule has 0 saturated heterocycles.